The Labute approximate surface area is 267 Å². The molecule has 4 N–H and O–H groups in total. The summed E-state index contributed by atoms with van der Waals surface area (Å²) in [5.41, 5.74) is 7.11. The Balaban J connectivity index is 5.49. The summed E-state index contributed by atoms with van der Waals surface area (Å²) in [7, 11) is 0. The minimum absolute atomic E-state index is 0.267. The Morgan fingerprint density at radius 3 is 1.33 bits per heavy atom. The second-order valence-electron chi connectivity index (χ2n) is 12.9. The van der Waals surface area contributed by atoms with E-state index in [0.29, 0.717) is 45.3 Å². The molecule has 0 heterocycles. The second kappa shape index (κ2) is 26.9. The minimum atomic E-state index is -1.66. The van der Waals surface area contributed by atoms with Gasteiger partial charge in [-0.25, -0.2) is 0 Å². The van der Waals surface area contributed by atoms with Crippen molar-refractivity contribution >= 4 is 0 Å². The van der Waals surface area contributed by atoms with Gasteiger partial charge in [0.25, 0.3) is 5.91 Å². The van der Waals surface area contributed by atoms with E-state index in [0.717, 1.165) is 25.7 Å². The number of hydrogen-bond donors (Lipinski definition) is 3. The molecule has 0 bridgehead atoms. The van der Waals surface area contributed by atoms with Gasteiger partial charge in [0.2, 0.25) is 5.79 Å². The number of nitrogens with two attached hydrogens (primary N) is 1. The highest BCUT2D eigenvalue weighted by molar-refractivity contribution is 4.89. The molecule has 0 saturated heterocycles. The Morgan fingerprint density at radius 2 is 0.930 bits per heavy atom. The Kier molecular flexibility index (Phi) is 26.7. The molecule has 0 spiro atoms. The lowest BCUT2D eigenvalue weighted by atomic mass is 9.99. The largest absolute Gasteiger partial charge is 0.393 e. The summed E-state index contributed by atoms with van der Waals surface area (Å²) in [5, 5.41) is 20.4. The standard InChI is InChI=1S/C36H75NO6/c1-8-13-14-15-16-17-18-19-20-21-22-23-24-25-26-35(40-27-9-2,42-33(11-4)29-31(6)38)36(37,41-28-10-3)43-34(12-5)30-32(7)39/h31-34,38-39H,8-30,37H2,1-7H3. The summed E-state index contributed by atoms with van der Waals surface area (Å²) in [6.45, 7) is 14.9. The molecule has 0 aliphatic rings. The van der Waals surface area contributed by atoms with Crippen LogP contribution in [0.25, 0.3) is 0 Å². The molecule has 0 rings (SSSR count). The van der Waals surface area contributed by atoms with Gasteiger partial charge in [-0.05, 0) is 58.8 Å². The lowest BCUT2D eigenvalue weighted by Crippen LogP contribution is -2.68. The Morgan fingerprint density at radius 1 is 0.535 bits per heavy atom. The maximum atomic E-state index is 10.2. The first-order valence-electron chi connectivity index (χ1n) is 18.4. The van der Waals surface area contributed by atoms with Gasteiger partial charge in [0, 0.05) is 6.42 Å². The molecule has 43 heavy (non-hydrogen) atoms. The van der Waals surface area contributed by atoms with E-state index in [2.05, 4.69) is 20.8 Å². The predicted octanol–water partition coefficient (Wildman–Crippen LogP) is 9.15. The van der Waals surface area contributed by atoms with Crippen molar-refractivity contribution in [2.24, 2.45) is 5.73 Å². The van der Waals surface area contributed by atoms with Crippen molar-refractivity contribution in [3.05, 3.63) is 0 Å². The fourth-order valence-corrected chi connectivity index (χ4v) is 5.70. The molecule has 0 aliphatic heterocycles. The van der Waals surface area contributed by atoms with Gasteiger partial charge in [0.1, 0.15) is 0 Å². The molecule has 0 fully saturated rings. The third-order valence-corrected chi connectivity index (χ3v) is 8.27. The Bertz CT molecular complexity index is 606. The average Bonchev–Trinajstić information content (AvgIpc) is 2.97. The van der Waals surface area contributed by atoms with Gasteiger partial charge >= 0.3 is 0 Å². The first-order chi connectivity index (χ1) is 20.6. The van der Waals surface area contributed by atoms with Crippen LogP contribution in [0.15, 0.2) is 0 Å². The number of unbranched alkanes of at least 4 members (excludes halogenated alkanes) is 13. The van der Waals surface area contributed by atoms with E-state index < -0.39 is 23.9 Å². The molecule has 0 aromatic rings. The van der Waals surface area contributed by atoms with E-state index >= 15 is 0 Å². The quantitative estimate of drug-likeness (QED) is 0.0511. The topological polar surface area (TPSA) is 103 Å². The third kappa shape index (κ3) is 19.8. The number of aliphatic hydroxyl groups excluding tert-OH is 2. The Hall–Kier alpha value is -0.280. The smallest absolute Gasteiger partial charge is 0.282 e. The molecule has 0 aromatic heterocycles. The first kappa shape index (κ1) is 42.7. The van der Waals surface area contributed by atoms with E-state index in [1.54, 1.807) is 13.8 Å². The summed E-state index contributed by atoms with van der Waals surface area (Å²) >= 11 is 0. The maximum absolute atomic E-state index is 10.2. The van der Waals surface area contributed by atoms with Gasteiger partial charge in [-0.15, -0.1) is 0 Å². The van der Waals surface area contributed by atoms with Crippen molar-refractivity contribution in [1.82, 2.24) is 0 Å². The molecule has 7 nitrogen and oxygen atoms in total. The van der Waals surface area contributed by atoms with Crippen LogP contribution in [0.5, 0.6) is 0 Å². The number of aliphatic hydroxyl groups is 2. The van der Waals surface area contributed by atoms with Crippen LogP contribution in [0, 0.1) is 0 Å². The second-order valence-corrected chi connectivity index (χ2v) is 12.9. The highest BCUT2D eigenvalue weighted by atomic mass is 16.8. The van der Waals surface area contributed by atoms with E-state index in [9.17, 15) is 10.2 Å². The van der Waals surface area contributed by atoms with Crippen molar-refractivity contribution in [3.63, 3.8) is 0 Å². The van der Waals surface area contributed by atoms with Crippen LogP contribution in [-0.2, 0) is 18.9 Å². The van der Waals surface area contributed by atoms with Gasteiger partial charge < -0.3 is 29.2 Å². The molecular formula is C36H75NO6. The van der Waals surface area contributed by atoms with Crippen LogP contribution in [0.2, 0.25) is 0 Å². The monoisotopic (exact) mass is 618 g/mol. The fraction of sp³-hybridized carbons (Fsp3) is 1.00. The van der Waals surface area contributed by atoms with Crippen LogP contribution in [0.1, 0.15) is 183 Å². The maximum Gasteiger partial charge on any atom is 0.282 e. The number of ether oxygens (including phenoxy) is 4. The predicted molar refractivity (Wildman–Crippen MR) is 180 cm³/mol. The van der Waals surface area contributed by atoms with E-state index in [1.165, 1.54) is 77.0 Å². The number of rotatable bonds is 32. The van der Waals surface area contributed by atoms with E-state index in [1.807, 2.05) is 13.8 Å². The zero-order chi connectivity index (χ0) is 32.4. The summed E-state index contributed by atoms with van der Waals surface area (Å²) in [6, 6.07) is 0. The molecule has 7 heteroatoms. The molecule has 0 aliphatic carbocycles. The van der Waals surface area contributed by atoms with Crippen LogP contribution in [-0.4, -0.2) is 59.5 Å². The summed E-state index contributed by atoms with van der Waals surface area (Å²) in [6.07, 6.45) is 20.7. The van der Waals surface area contributed by atoms with Crippen LogP contribution in [0.4, 0.5) is 0 Å². The summed E-state index contributed by atoms with van der Waals surface area (Å²) < 4.78 is 26.3. The highest BCUT2D eigenvalue weighted by Gasteiger charge is 2.56. The zero-order valence-corrected chi connectivity index (χ0v) is 29.7. The van der Waals surface area contributed by atoms with Gasteiger partial charge in [-0.1, -0.05) is 118 Å². The van der Waals surface area contributed by atoms with Crippen molar-refractivity contribution in [3.8, 4) is 0 Å². The number of hydrogen-bond acceptors (Lipinski definition) is 7. The fourth-order valence-electron chi connectivity index (χ4n) is 5.70. The van der Waals surface area contributed by atoms with Gasteiger partial charge in [-0.3, -0.25) is 5.73 Å². The minimum Gasteiger partial charge on any atom is -0.393 e. The van der Waals surface area contributed by atoms with Crippen LogP contribution in [0.3, 0.4) is 0 Å². The molecule has 0 aromatic carbocycles. The van der Waals surface area contributed by atoms with Gasteiger partial charge in [0.05, 0.1) is 37.6 Å². The van der Waals surface area contributed by atoms with Crippen molar-refractivity contribution in [2.45, 2.75) is 219 Å². The van der Waals surface area contributed by atoms with Gasteiger partial charge in [0.15, 0.2) is 0 Å². The molecular weight excluding hydrogens is 542 g/mol. The molecule has 6 atom stereocenters. The van der Waals surface area contributed by atoms with Gasteiger partial charge in [-0.2, -0.15) is 0 Å². The summed E-state index contributed by atoms with van der Waals surface area (Å²) in [4.78, 5) is 0. The average molecular weight is 618 g/mol. The first-order valence-corrected chi connectivity index (χ1v) is 18.4. The molecule has 0 amide bonds. The van der Waals surface area contributed by atoms with Crippen LogP contribution >= 0.6 is 0 Å². The van der Waals surface area contributed by atoms with Crippen molar-refractivity contribution < 1.29 is 29.2 Å². The normalized spacial score (nSPS) is 17.7. The third-order valence-electron chi connectivity index (χ3n) is 8.27. The molecule has 260 valence electrons. The van der Waals surface area contributed by atoms with E-state index in [4.69, 9.17) is 24.7 Å². The van der Waals surface area contributed by atoms with Crippen molar-refractivity contribution in [1.29, 1.82) is 0 Å². The highest BCUT2D eigenvalue weighted by Crippen LogP contribution is 2.38. The lowest BCUT2D eigenvalue weighted by Gasteiger charge is -2.49. The SMILES string of the molecule is CCCCCCCCCCCCCCCCC(OCCC)(OC(CC)CC(C)O)C(N)(OCCC)OC(CC)CC(C)O. The van der Waals surface area contributed by atoms with Crippen LogP contribution < -0.4 is 5.73 Å². The molecule has 0 radical (unpaired) electrons. The molecule has 0 saturated carbocycles. The lowest BCUT2D eigenvalue weighted by molar-refractivity contribution is -0.429. The van der Waals surface area contributed by atoms with E-state index in [-0.39, 0.29) is 12.2 Å². The van der Waals surface area contributed by atoms with Crippen molar-refractivity contribution in [2.75, 3.05) is 13.2 Å². The summed E-state index contributed by atoms with van der Waals surface area (Å²) in [5.74, 6) is -2.99. The molecule has 6 unspecified atom stereocenters. The zero-order valence-electron chi connectivity index (χ0n) is 29.7.